The molecular formula is C15H12N2S2. The average molecular weight is 284 g/mol. The zero-order valence-corrected chi connectivity index (χ0v) is 11.9. The van der Waals surface area contributed by atoms with Gasteiger partial charge in [0.1, 0.15) is 0 Å². The maximum Gasteiger partial charge on any atom is 0.168 e. The monoisotopic (exact) mass is 284 g/mol. The van der Waals surface area contributed by atoms with E-state index < -0.39 is 0 Å². The van der Waals surface area contributed by atoms with Crippen LogP contribution in [-0.2, 0) is 0 Å². The summed E-state index contributed by atoms with van der Waals surface area (Å²) in [5.74, 6) is 0. The van der Waals surface area contributed by atoms with Crippen molar-refractivity contribution in [2.75, 3.05) is 13.1 Å². The lowest BCUT2D eigenvalue weighted by atomic mass is 10.2. The summed E-state index contributed by atoms with van der Waals surface area (Å²) in [4.78, 5) is 9.41. The third-order valence-corrected chi connectivity index (χ3v) is 5.59. The molecule has 1 aromatic heterocycles. The van der Waals surface area contributed by atoms with Crippen molar-refractivity contribution in [1.82, 2.24) is 4.90 Å². The van der Waals surface area contributed by atoms with E-state index in [9.17, 15) is 0 Å². The second kappa shape index (κ2) is 4.25. The number of rotatable bonds is 2. The van der Waals surface area contributed by atoms with Gasteiger partial charge >= 0.3 is 0 Å². The van der Waals surface area contributed by atoms with Crippen molar-refractivity contribution in [3.05, 3.63) is 52.8 Å². The normalized spacial score (nSPS) is 18.1. The van der Waals surface area contributed by atoms with E-state index in [1.807, 2.05) is 17.4 Å². The van der Waals surface area contributed by atoms with Gasteiger partial charge in [0.15, 0.2) is 5.17 Å². The van der Waals surface area contributed by atoms with Crippen molar-refractivity contribution in [3.63, 3.8) is 0 Å². The van der Waals surface area contributed by atoms with Gasteiger partial charge in [-0.05, 0) is 29.3 Å². The number of thiophene rings is 1. The predicted molar refractivity (Wildman–Crippen MR) is 85.5 cm³/mol. The van der Waals surface area contributed by atoms with Gasteiger partial charge in [-0.3, -0.25) is 4.99 Å². The summed E-state index contributed by atoms with van der Waals surface area (Å²) >= 11 is 3.59. The minimum absolute atomic E-state index is 0.904. The molecule has 19 heavy (non-hydrogen) atoms. The number of benzene rings is 1. The number of nitrogens with zero attached hydrogens (tertiary/aromatic N) is 2. The number of amidine groups is 1. The predicted octanol–water partition coefficient (Wildman–Crippen LogP) is 4.17. The van der Waals surface area contributed by atoms with E-state index >= 15 is 0 Å². The van der Waals surface area contributed by atoms with Gasteiger partial charge < -0.3 is 4.90 Å². The number of aliphatic imine (C=N–C) groups is 1. The molecule has 0 amide bonds. The summed E-state index contributed by atoms with van der Waals surface area (Å²) in [5, 5.41) is 2.44. The molecule has 0 bridgehead atoms. The summed E-state index contributed by atoms with van der Waals surface area (Å²) in [6.45, 7) is 5.84. The number of allylic oxidation sites excluding steroid dienone is 1. The first-order valence-electron chi connectivity index (χ1n) is 6.22. The zero-order chi connectivity index (χ0) is 12.8. The molecule has 0 aliphatic carbocycles. The van der Waals surface area contributed by atoms with Crippen LogP contribution in [0.4, 0.5) is 0 Å². The molecule has 2 aliphatic heterocycles. The van der Waals surface area contributed by atoms with E-state index in [2.05, 4.69) is 46.8 Å². The molecule has 0 spiro atoms. The Morgan fingerprint density at radius 2 is 2.21 bits per heavy atom. The van der Waals surface area contributed by atoms with Crippen molar-refractivity contribution in [2.45, 2.75) is 0 Å². The fourth-order valence-corrected chi connectivity index (χ4v) is 4.73. The van der Waals surface area contributed by atoms with Crippen LogP contribution in [-0.4, -0.2) is 23.2 Å². The van der Waals surface area contributed by atoms with Crippen molar-refractivity contribution >= 4 is 44.0 Å². The molecule has 0 saturated carbocycles. The first-order chi connectivity index (χ1) is 9.36. The maximum atomic E-state index is 4.55. The van der Waals surface area contributed by atoms with Crippen LogP contribution in [0.2, 0.25) is 0 Å². The molecule has 0 saturated heterocycles. The van der Waals surface area contributed by atoms with E-state index in [4.69, 9.17) is 0 Å². The average Bonchev–Trinajstić information content (AvgIpc) is 3.10. The van der Waals surface area contributed by atoms with Crippen molar-refractivity contribution in [1.29, 1.82) is 0 Å². The van der Waals surface area contributed by atoms with Crippen LogP contribution in [0.3, 0.4) is 0 Å². The molecule has 0 unspecified atom stereocenters. The van der Waals surface area contributed by atoms with Crippen molar-refractivity contribution in [3.8, 4) is 0 Å². The third-order valence-electron chi connectivity index (χ3n) is 3.35. The number of hydrogen-bond acceptors (Lipinski definition) is 4. The van der Waals surface area contributed by atoms with Gasteiger partial charge in [-0.2, -0.15) is 0 Å². The summed E-state index contributed by atoms with van der Waals surface area (Å²) in [6.07, 6.45) is 1.95. The lowest BCUT2D eigenvalue weighted by molar-refractivity contribution is 0.650. The van der Waals surface area contributed by atoms with E-state index in [-0.39, 0.29) is 0 Å². The Bertz CT molecular complexity index is 706. The van der Waals surface area contributed by atoms with Crippen LogP contribution in [0, 0.1) is 0 Å². The SMILES string of the molecule is C=CC1=C(c2cc3ccccc3s2)N2CCN=C2S1. The van der Waals surface area contributed by atoms with Gasteiger partial charge in [-0.1, -0.05) is 30.9 Å². The molecule has 0 radical (unpaired) electrons. The highest BCUT2D eigenvalue weighted by molar-refractivity contribution is 8.17. The summed E-state index contributed by atoms with van der Waals surface area (Å²) in [5.41, 5.74) is 1.29. The topological polar surface area (TPSA) is 15.6 Å². The van der Waals surface area contributed by atoms with Crippen LogP contribution >= 0.6 is 23.1 Å². The molecule has 2 aliphatic rings. The van der Waals surface area contributed by atoms with E-state index in [0.29, 0.717) is 0 Å². The van der Waals surface area contributed by atoms with Gasteiger partial charge in [0.05, 0.1) is 17.1 Å². The lowest BCUT2D eigenvalue weighted by Gasteiger charge is -2.15. The van der Waals surface area contributed by atoms with Gasteiger partial charge in [0.25, 0.3) is 0 Å². The van der Waals surface area contributed by atoms with Crippen LogP contribution < -0.4 is 0 Å². The van der Waals surface area contributed by atoms with Crippen molar-refractivity contribution < 1.29 is 0 Å². The third kappa shape index (κ3) is 1.67. The number of fused-ring (bicyclic) bond motifs is 2. The molecule has 0 fully saturated rings. The minimum atomic E-state index is 0.904. The molecule has 94 valence electrons. The largest absolute Gasteiger partial charge is 0.317 e. The quantitative estimate of drug-likeness (QED) is 0.822. The Labute approximate surface area is 120 Å². The summed E-state index contributed by atoms with van der Waals surface area (Å²) in [6, 6.07) is 10.8. The lowest BCUT2D eigenvalue weighted by Crippen LogP contribution is -2.19. The Hall–Kier alpha value is -1.52. The van der Waals surface area contributed by atoms with Crippen LogP contribution in [0.1, 0.15) is 4.88 Å². The molecule has 3 heterocycles. The highest BCUT2D eigenvalue weighted by Crippen LogP contribution is 2.44. The van der Waals surface area contributed by atoms with Crippen molar-refractivity contribution in [2.24, 2.45) is 4.99 Å². The molecule has 4 heteroatoms. The molecule has 0 N–H and O–H groups in total. The fraction of sp³-hybridized carbons (Fsp3) is 0.133. The van der Waals surface area contributed by atoms with Gasteiger partial charge in [-0.15, -0.1) is 11.3 Å². The summed E-state index contributed by atoms with van der Waals surface area (Å²) in [7, 11) is 0. The molecule has 4 rings (SSSR count). The Balaban J connectivity index is 1.89. The Kier molecular flexibility index (Phi) is 2.53. The molecule has 1 aromatic carbocycles. The van der Waals surface area contributed by atoms with Gasteiger partial charge in [0.2, 0.25) is 0 Å². The zero-order valence-electron chi connectivity index (χ0n) is 10.3. The second-order valence-corrected chi connectivity index (χ2v) is 6.58. The van der Waals surface area contributed by atoms with E-state index in [1.165, 1.54) is 25.6 Å². The van der Waals surface area contributed by atoms with E-state index in [1.54, 1.807) is 11.8 Å². The van der Waals surface area contributed by atoms with Crippen LogP contribution in [0.5, 0.6) is 0 Å². The first kappa shape index (κ1) is 11.3. The first-order valence-corrected chi connectivity index (χ1v) is 7.85. The Morgan fingerprint density at radius 3 is 3.05 bits per heavy atom. The fourth-order valence-electron chi connectivity index (χ4n) is 2.49. The molecule has 2 nitrogen and oxygen atoms in total. The Morgan fingerprint density at radius 1 is 1.32 bits per heavy atom. The van der Waals surface area contributed by atoms with Gasteiger partial charge in [0, 0.05) is 16.1 Å². The van der Waals surface area contributed by atoms with Gasteiger partial charge in [-0.25, -0.2) is 0 Å². The highest BCUT2D eigenvalue weighted by atomic mass is 32.2. The molecule has 0 atom stereocenters. The van der Waals surface area contributed by atoms with Crippen LogP contribution in [0.25, 0.3) is 15.8 Å². The maximum absolute atomic E-state index is 4.55. The van der Waals surface area contributed by atoms with Crippen LogP contribution in [0.15, 0.2) is 52.9 Å². The standard InChI is InChI=1S/C15H12N2S2/c1-2-11-14(17-8-7-16-15(17)19-11)13-9-10-5-3-4-6-12(10)18-13/h2-6,9H,1,7-8H2. The highest BCUT2D eigenvalue weighted by Gasteiger charge is 2.32. The second-order valence-electron chi connectivity index (χ2n) is 4.48. The molecular weight excluding hydrogens is 272 g/mol. The number of hydrogen-bond donors (Lipinski definition) is 0. The minimum Gasteiger partial charge on any atom is -0.317 e. The molecule has 2 aromatic rings. The number of thioether (sulfide) groups is 1. The van der Waals surface area contributed by atoms with E-state index in [0.717, 1.165) is 18.3 Å². The summed E-state index contributed by atoms with van der Waals surface area (Å²) < 4.78 is 1.34. The smallest absolute Gasteiger partial charge is 0.168 e.